The zero-order valence-corrected chi connectivity index (χ0v) is 41.7. The standard InChI is InChI=1S/C72H54N2O/c1-3-17-49(18-4-1)51-33-35-52(36-34-51)55-21-15-22-59(47-55)73(57-42-37-53(38-43-57)60-23-7-8-24-62(60)66-28-16-29-67-65-27-11-14-32-71(65)75-72(66)67)58-44-39-54(40-45-58)61-46-41-56(50-19-5-2-6-20-50)48-70(61)74-68-30-12-9-25-63(68)64-26-10-13-31-69(64)74/h1-32,37-48,51-52H,33-36H2. The third-order valence-corrected chi connectivity index (χ3v) is 16.0. The van der Waals surface area contributed by atoms with Crippen LogP contribution in [0.4, 0.5) is 17.1 Å². The first-order chi connectivity index (χ1) is 37.2. The third-order valence-electron chi connectivity index (χ3n) is 16.0. The molecule has 3 heteroatoms. The van der Waals surface area contributed by atoms with Gasteiger partial charge in [-0.05, 0) is 143 Å². The Labute approximate surface area is 438 Å². The van der Waals surface area contributed by atoms with E-state index in [9.17, 15) is 0 Å². The SMILES string of the molecule is c1ccc(-c2ccc(-c3ccc(N(c4ccc(-c5ccccc5-c5cccc6c5oc5ccccc56)cc4)c4cccc(C5CCC(c6ccccc6)CC5)c4)cc3)c(-n3c4ccccc4c4ccccc43)c2)cc1. The number of rotatable bonds is 10. The maximum Gasteiger partial charge on any atom is 0.143 e. The Bertz CT molecular complexity index is 4130. The Kier molecular flexibility index (Phi) is 11.3. The molecule has 358 valence electrons. The lowest BCUT2D eigenvalue weighted by atomic mass is 9.76. The van der Waals surface area contributed by atoms with E-state index in [0.29, 0.717) is 11.8 Å². The smallest absolute Gasteiger partial charge is 0.143 e. The minimum absolute atomic E-state index is 0.516. The van der Waals surface area contributed by atoms with E-state index in [1.807, 2.05) is 6.07 Å². The summed E-state index contributed by atoms with van der Waals surface area (Å²) in [6.45, 7) is 0. The molecule has 1 saturated carbocycles. The highest BCUT2D eigenvalue weighted by molar-refractivity contribution is 6.11. The van der Waals surface area contributed by atoms with Crippen LogP contribution in [0.5, 0.6) is 0 Å². The number of para-hydroxylation sites is 4. The number of hydrogen-bond acceptors (Lipinski definition) is 2. The molecule has 13 aromatic rings. The molecule has 0 bridgehead atoms. The summed E-state index contributed by atoms with van der Waals surface area (Å²) >= 11 is 0. The third kappa shape index (κ3) is 8.09. The molecule has 0 spiro atoms. The minimum atomic E-state index is 0.516. The lowest BCUT2D eigenvalue weighted by Gasteiger charge is -2.31. The van der Waals surface area contributed by atoms with Crippen LogP contribution in [0.3, 0.4) is 0 Å². The summed E-state index contributed by atoms with van der Waals surface area (Å²) in [5.41, 5.74) is 20.9. The molecule has 14 rings (SSSR count). The number of aromatic nitrogens is 1. The molecule has 0 unspecified atom stereocenters. The van der Waals surface area contributed by atoms with Crippen LogP contribution >= 0.6 is 0 Å². The van der Waals surface area contributed by atoms with Crippen LogP contribution in [0.1, 0.15) is 48.6 Å². The molecular formula is C72H54N2O. The van der Waals surface area contributed by atoms with Crippen LogP contribution in [0.25, 0.3) is 93.9 Å². The zero-order chi connectivity index (χ0) is 49.7. The van der Waals surface area contributed by atoms with Gasteiger partial charge in [0.15, 0.2) is 0 Å². The molecule has 0 N–H and O–H groups in total. The first-order valence-electron chi connectivity index (χ1n) is 26.5. The Morgan fingerprint density at radius 3 is 1.52 bits per heavy atom. The largest absolute Gasteiger partial charge is 0.455 e. The second-order valence-corrected chi connectivity index (χ2v) is 20.3. The number of furan rings is 1. The van der Waals surface area contributed by atoms with Gasteiger partial charge in [-0.2, -0.15) is 0 Å². The average molecular weight is 963 g/mol. The molecule has 1 fully saturated rings. The summed E-state index contributed by atoms with van der Waals surface area (Å²) in [6, 6.07) is 97.8. The Balaban J connectivity index is 0.865. The van der Waals surface area contributed by atoms with Crippen molar-refractivity contribution in [1.29, 1.82) is 0 Å². The van der Waals surface area contributed by atoms with Crippen LogP contribution < -0.4 is 4.90 Å². The lowest BCUT2D eigenvalue weighted by molar-refractivity contribution is 0.396. The predicted octanol–water partition coefficient (Wildman–Crippen LogP) is 20.3. The summed E-state index contributed by atoms with van der Waals surface area (Å²) in [4.78, 5) is 2.44. The van der Waals surface area contributed by atoms with Gasteiger partial charge < -0.3 is 13.9 Å². The van der Waals surface area contributed by atoms with Gasteiger partial charge in [0, 0.05) is 49.7 Å². The van der Waals surface area contributed by atoms with Crippen molar-refractivity contribution in [2.24, 2.45) is 0 Å². The molecule has 0 atom stereocenters. The number of fused-ring (bicyclic) bond motifs is 6. The summed E-state index contributed by atoms with van der Waals surface area (Å²) in [5, 5.41) is 4.77. The quantitative estimate of drug-likeness (QED) is 0.136. The molecule has 0 radical (unpaired) electrons. The van der Waals surface area contributed by atoms with E-state index < -0.39 is 0 Å². The van der Waals surface area contributed by atoms with Crippen LogP contribution in [-0.2, 0) is 0 Å². The van der Waals surface area contributed by atoms with Crippen molar-refractivity contribution in [2.75, 3.05) is 4.90 Å². The molecule has 0 saturated heterocycles. The van der Waals surface area contributed by atoms with Gasteiger partial charge in [-0.15, -0.1) is 0 Å². The fourth-order valence-corrected chi connectivity index (χ4v) is 12.3. The van der Waals surface area contributed by atoms with Crippen molar-refractivity contribution >= 4 is 60.8 Å². The van der Waals surface area contributed by atoms with Gasteiger partial charge in [-0.3, -0.25) is 0 Å². The molecule has 11 aromatic carbocycles. The summed E-state index contributed by atoms with van der Waals surface area (Å²) in [6.07, 6.45) is 4.79. The topological polar surface area (TPSA) is 21.3 Å². The Hall–Kier alpha value is -9.18. The van der Waals surface area contributed by atoms with Crippen molar-refractivity contribution in [3.05, 3.63) is 278 Å². The van der Waals surface area contributed by atoms with Crippen molar-refractivity contribution in [1.82, 2.24) is 4.57 Å². The van der Waals surface area contributed by atoms with E-state index in [4.69, 9.17) is 4.42 Å². The van der Waals surface area contributed by atoms with Gasteiger partial charge in [0.2, 0.25) is 0 Å². The van der Waals surface area contributed by atoms with E-state index in [1.165, 1.54) is 80.9 Å². The van der Waals surface area contributed by atoms with Crippen LogP contribution in [0.2, 0.25) is 0 Å². The normalized spacial score (nSPS) is 14.7. The van der Waals surface area contributed by atoms with Crippen LogP contribution in [0.15, 0.2) is 271 Å². The summed E-state index contributed by atoms with van der Waals surface area (Å²) < 4.78 is 9.03. The van der Waals surface area contributed by atoms with Crippen LogP contribution in [-0.4, -0.2) is 4.57 Å². The Morgan fingerprint density at radius 1 is 0.320 bits per heavy atom. The summed E-state index contributed by atoms with van der Waals surface area (Å²) in [5.74, 6) is 1.14. The maximum absolute atomic E-state index is 6.57. The number of hydrogen-bond donors (Lipinski definition) is 0. The maximum atomic E-state index is 6.57. The van der Waals surface area contributed by atoms with Gasteiger partial charge in [0.25, 0.3) is 0 Å². The molecular weight excluding hydrogens is 909 g/mol. The van der Waals surface area contributed by atoms with Crippen molar-refractivity contribution in [3.8, 4) is 50.2 Å². The van der Waals surface area contributed by atoms with Gasteiger partial charge >= 0.3 is 0 Å². The molecule has 3 nitrogen and oxygen atoms in total. The van der Waals surface area contributed by atoms with E-state index >= 15 is 0 Å². The van der Waals surface area contributed by atoms with Gasteiger partial charge in [-0.1, -0.05) is 206 Å². The number of anilines is 3. The lowest BCUT2D eigenvalue weighted by Crippen LogP contribution is -2.14. The van der Waals surface area contributed by atoms with E-state index in [1.54, 1.807) is 0 Å². The second-order valence-electron chi connectivity index (χ2n) is 20.3. The van der Waals surface area contributed by atoms with E-state index in [0.717, 1.165) is 66.9 Å². The Morgan fingerprint density at radius 2 is 0.827 bits per heavy atom. The first-order valence-corrected chi connectivity index (χ1v) is 26.5. The monoisotopic (exact) mass is 962 g/mol. The van der Waals surface area contributed by atoms with Crippen LogP contribution in [0, 0.1) is 0 Å². The van der Waals surface area contributed by atoms with Gasteiger partial charge in [0.1, 0.15) is 11.2 Å². The zero-order valence-electron chi connectivity index (χ0n) is 41.7. The van der Waals surface area contributed by atoms with Gasteiger partial charge in [-0.25, -0.2) is 0 Å². The fraction of sp³-hybridized carbons (Fsp3) is 0.0833. The van der Waals surface area contributed by atoms with Crippen molar-refractivity contribution in [3.63, 3.8) is 0 Å². The molecule has 2 heterocycles. The highest BCUT2D eigenvalue weighted by atomic mass is 16.3. The molecule has 1 aliphatic carbocycles. The highest BCUT2D eigenvalue weighted by Crippen LogP contribution is 2.46. The number of nitrogens with zero attached hydrogens (tertiary/aromatic N) is 2. The van der Waals surface area contributed by atoms with Gasteiger partial charge in [0.05, 0.1) is 16.7 Å². The highest BCUT2D eigenvalue weighted by Gasteiger charge is 2.25. The first kappa shape index (κ1) is 44.5. The molecule has 75 heavy (non-hydrogen) atoms. The molecule has 0 aliphatic heterocycles. The van der Waals surface area contributed by atoms with Crippen molar-refractivity contribution < 1.29 is 4.42 Å². The average Bonchev–Trinajstić information content (AvgIpc) is 4.04. The molecule has 0 amide bonds. The summed E-state index contributed by atoms with van der Waals surface area (Å²) in [7, 11) is 0. The molecule has 1 aliphatic rings. The fourth-order valence-electron chi connectivity index (χ4n) is 12.3. The van der Waals surface area contributed by atoms with E-state index in [2.05, 4.69) is 270 Å². The second kappa shape index (κ2) is 19.0. The van der Waals surface area contributed by atoms with E-state index in [-0.39, 0.29) is 0 Å². The predicted molar refractivity (Wildman–Crippen MR) is 315 cm³/mol. The molecule has 2 aromatic heterocycles. The van der Waals surface area contributed by atoms with Crippen molar-refractivity contribution in [2.45, 2.75) is 37.5 Å². The number of benzene rings is 11. The minimum Gasteiger partial charge on any atom is -0.455 e.